The van der Waals surface area contributed by atoms with E-state index in [9.17, 15) is 27.6 Å². The SMILES string of the molecule is O=C(CC1CCC(=O)N1Cc1cccc(C(F)(F)F)c1)NCCNC(=O)OCc1ccccc1. The minimum Gasteiger partial charge on any atom is -0.445 e. The van der Waals surface area contributed by atoms with E-state index in [0.29, 0.717) is 12.0 Å². The highest BCUT2D eigenvalue weighted by Crippen LogP contribution is 2.31. The van der Waals surface area contributed by atoms with Gasteiger partial charge in [0, 0.05) is 38.5 Å². The molecule has 0 spiro atoms. The summed E-state index contributed by atoms with van der Waals surface area (Å²) < 4.78 is 44.0. The average molecular weight is 477 g/mol. The van der Waals surface area contributed by atoms with E-state index in [2.05, 4.69) is 10.6 Å². The van der Waals surface area contributed by atoms with Crippen molar-refractivity contribution in [2.75, 3.05) is 13.1 Å². The molecule has 7 nitrogen and oxygen atoms in total. The number of amides is 3. The molecule has 0 saturated carbocycles. The molecule has 1 fully saturated rings. The van der Waals surface area contributed by atoms with Crippen LogP contribution < -0.4 is 10.6 Å². The Balaban J connectivity index is 1.40. The maximum absolute atomic E-state index is 13.0. The number of likely N-dealkylation sites (tertiary alicyclic amines) is 1. The largest absolute Gasteiger partial charge is 0.445 e. The van der Waals surface area contributed by atoms with Crippen LogP contribution in [0.15, 0.2) is 54.6 Å². The number of nitrogens with zero attached hydrogens (tertiary/aromatic N) is 1. The first kappa shape index (κ1) is 25.1. The lowest BCUT2D eigenvalue weighted by Gasteiger charge is -2.25. The second-order valence-electron chi connectivity index (χ2n) is 7.95. The number of rotatable bonds is 9. The predicted molar refractivity (Wildman–Crippen MR) is 117 cm³/mol. The molecule has 1 saturated heterocycles. The Labute approximate surface area is 195 Å². The van der Waals surface area contributed by atoms with Crippen molar-refractivity contribution in [1.29, 1.82) is 0 Å². The lowest BCUT2D eigenvalue weighted by atomic mass is 10.1. The van der Waals surface area contributed by atoms with Crippen LogP contribution in [0.25, 0.3) is 0 Å². The summed E-state index contributed by atoms with van der Waals surface area (Å²) in [6.45, 7) is 0.483. The molecule has 1 atom stereocenters. The fourth-order valence-corrected chi connectivity index (χ4v) is 3.69. The van der Waals surface area contributed by atoms with Gasteiger partial charge in [-0.2, -0.15) is 13.2 Å². The third-order valence-corrected chi connectivity index (χ3v) is 5.41. The molecule has 3 rings (SSSR count). The van der Waals surface area contributed by atoms with Gasteiger partial charge >= 0.3 is 12.3 Å². The molecule has 2 N–H and O–H groups in total. The number of halogens is 3. The fraction of sp³-hybridized carbons (Fsp3) is 0.375. The maximum Gasteiger partial charge on any atom is 0.416 e. The van der Waals surface area contributed by atoms with Crippen LogP contribution in [0.1, 0.15) is 36.0 Å². The van der Waals surface area contributed by atoms with Crippen molar-refractivity contribution in [2.24, 2.45) is 0 Å². The molecular weight excluding hydrogens is 451 g/mol. The van der Waals surface area contributed by atoms with Crippen LogP contribution in [0.4, 0.5) is 18.0 Å². The summed E-state index contributed by atoms with van der Waals surface area (Å²) in [6.07, 6.45) is -4.34. The highest BCUT2D eigenvalue weighted by atomic mass is 19.4. The van der Waals surface area contributed by atoms with E-state index < -0.39 is 23.9 Å². The zero-order valence-corrected chi connectivity index (χ0v) is 18.4. The van der Waals surface area contributed by atoms with Gasteiger partial charge in [0.25, 0.3) is 0 Å². The van der Waals surface area contributed by atoms with Crippen LogP contribution in [0, 0.1) is 0 Å². The second-order valence-corrected chi connectivity index (χ2v) is 7.95. The first-order valence-corrected chi connectivity index (χ1v) is 10.9. The number of ether oxygens (including phenoxy) is 1. The van der Waals surface area contributed by atoms with Crippen molar-refractivity contribution in [3.63, 3.8) is 0 Å². The smallest absolute Gasteiger partial charge is 0.416 e. The van der Waals surface area contributed by atoms with Crippen molar-refractivity contribution in [2.45, 2.75) is 44.6 Å². The van der Waals surface area contributed by atoms with Crippen molar-refractivity contribution < 1.29 is 32.3 Å². The summed E-state index contributed by atoms with van der Waals surface area (Å²) in [7, 11) is 0. The number of carbonyl (C=O) groups excluding carboxylic acids is 3. The predicted octanol–water partition coefficient (Wildman–Crippen LogP) is 3.63. The zero-order chi connectivity index (χ0) is 24.6. The monoisotopic (exact) mass is 477 g/mol. The fourth-order valence-electron chi connectivity index (χ4n) is 3.69. The third kappa shape index (κ3) is 7.50. The van der Waals surface area contributed by atoms with E-state index in [1.54, 1.807) is 0 Å². The zero-order valence-electron chi connectivity index (χ0n) is 18.4. The molecule has 2 aromatic rings. The Morgan fingerprint density at radius 2 is 1.71 bits per heavy atom. The summed E-state index contributed by atoms with van der Waals surface area (Å²) in [5.41, 5.74) is 0.432. The lowest BCUT2D eigenvalue weighted by molar-refractivity contribution is -0.137. The van der Waals surface area contributed by atoms with Crippen molar-refractivity contribution >= 4 is 17.9 Å². The summed E-state index contributed by atoms with van der Waals surface area (Å²) >= 11 is 0. The molecule has 1 unspecified atom stereocenters. The lowest BCUT2D eigenvalue weighted by Crippen LogP contribution is -2.39. The van der Waals surface area contributed by atoms with Gasteiger partial charge in [-0.25, -0.2) is 4.79 Å². The molecule has 1 aliphatic heterocycles. The minimum atomic E-state index is -4.47. The van der Waals surface area contributed by atoms with Crippen LogP contribution in [0.5, 0.6) is 0 Å². The van der Waals surface area contributed by atoms with E-state index in [0.717, 1.165) is 17.7 Å². The first-order valence-electron chi connectivity index (χ1n) is 10.9. The molecule has 0 aliphatic carbocycles. The van der Waals surface area contributed by atoms with E-state index in [1.807, 2.05) is 30.3 Å². The number of hydrogen-bond acceptors (Lipinski definition) is 4. The number of alkyl carbamates (subject to hydrolysis) is 1. The Bertz CT molecular complexity index is 998. The van der Waals surface area contributed by atoms with Crippen LogP contribution in [0.3, 0.4) is 0 Å². The molecule has 182 valence electrons. The molecular formula is C24H26F3N3O4. The van der Waals surface area contributed by atoms with Gasteiger partial charge in [-0.15, -0.1) is 0 Å². The topological polar surface area (TPSA) is 87.7 Å². The normalized spacial score (nSPS) is 15.8. The first-order chi connectivity index (χ1) is 16.2. The average Bonchev–Trinajstić information content (AvgIpc) is 3.14. The number of hydrogen-bond donors (Lipinski definition) is 2. The molecule has 1 aliphatic rings. The van der Waals surface area contributed by atoms with Gasteiger partial charge in [0.1, 0.15) is 6.61 Å². The number of nitrogens with one attached hydrogen (secondary N) is 2. The van der Waals surface area contributed by atoms with Crippen LogP contribution >= 0.6 is 0 Å². The molecule has 2 aromatic carbocycles. The van der Waals surface area contributed by atoms with Gasteiger partial charge in [0.05, 0.1) is 5.56 Å². The summed E-state index contributed by atoms with van der Waals surface area (Å²) in [4.78, 5) is 37.7. The van der Waals surface area contributed by atoms with E-state index in [4.69, 9.17) is 4.74 Å². The summed E-state index contributed by atoms with van der Waals surface area (Å²) in [5, 5.41) is 5.21. The summed E-state index contributed by atoms with van der Waals surface area (Å²) in [5.74, 6) is -0.508. The quantitative estimate of drug-likeness (QED) is 0.540. The Morgan fingerprint density at radius 1 is 1.00 bits per heavy atom. The highest BCUT2D eigenvalue weighted by Gasteiger charge is 2.34. The number of carbonyl (C=O) groups is 3. The molecule has 10 heteroatoms. The number of benzene rings is 2. The third-order valence-electron chi connectivity index (χ3n) is 5.41. The van der Waals surface area contributed by atoms with E-state index >= 15 is 0 Å². The van der Waals surface area contributed by atoms with Gasteiger partial charge < -0.3 is 20.3 Å². The second kappa shape index (κ2) is 11.5. The van der Waals surface area contributed by atoms with Crippen LogP contribution in [-0.2, 0) is 33.7 Å². The van der Waals surface area contributed by atoms with Gasteiger partial charge in [-0.1, -0.05) is 42.5 Å². The number of alkyl halides is 3. The Hall–Kier alpha value is -3.56. The van der Waals surface area contributed by atoms with Gasteiger partial charge in [0.2, 0.25) is 11.8 Å². The molecule has 0 aromatic heterocycles. The Morgan fingerprint density at radius 3 is 2.44 bits per heavy atom. The maximum atomic E-state index is 13.0. The Kier molecular flexibility index (Phi) is 8.50. The van der Waals surface area contributed by atoms with Crippen molar-refractivity contribution in [3.05, 3.63) is 71.3 Å². The molecule has 0 radical (unpaired) electrons. The van der Waals surface area contributed by atoms with Gasteiger partial charge in [-0.3, -0.25) is 9.59 Å². The molecule has 34 heavy (non-hydrogen) atoms. The highest BCUT2D eigenvalue weighted by molar-refractivity contribution is 5.82. The molecule has 3 amide bonds. The van der Waals surface area contributed by atoms with Gasteiger partial charge in [-0.05, 0) is 29.7 Å². The standard InChI is InChI=1S/C24H26F3N3O4/c25-24(26,27)19-8-4-7-18(13-19)15-30-20(9-10-22(30)32)14-21(31)28-11-12-29-23(33)34-16-17-5-2-1-3-6-17/h1-8,13,20H,9-12,14-16H2,(H,28,31)(H,29,33). The van der Waals surface area contributed by atoms with E-state index in [-0.39, 0.29) is 50.9 Å². The van der Waals surface area contributed by atoms with E-state index in [1.165, 1.54) is 17.0 Å². The van der Waals surface area contributed by atoms with Crippen molar-refractivity contribution in [3.8, 4) is 0 Å². The molecule has 1 heterocycles. The minimum absolute atomic E-state index is 0.00944. The summed E-state index contributed by atoms with van der Waals surface area (Å²) in [6, 6.07) is 13.6. The van der Waals surface area contributed by atoms with Crippen molar-refractivity contribution in [1.82, 2.24) is 15.5 Å². The van der Waals surface area contributed by atoms with Gasteiger partial charge in [0.15, 0.2) is 0 Å². The van der Waals surface area contributed by atoms with Crippen LogP contribution in [0.2, 0.25) is 0 Å². The molecule has 0 bridgehead atoms. The van der Waals surface area contributed by atoms with Crippen LogP contribution in [-0.4, -0.2) is 41.9 Å².